The lowest BCUT2D eigenvalue weighted by Gasteiger charge is -2.01. The molecule has 90 valence electrons. The van der Waals surface area contributed by atoms with Crippen LogP contribution in [0.5, 0.6) is 0 Å². The predicted molar refractivity (Wildman–Crippen MR) is 72.3 cm³/mol. The first-order valence-electron chi connectivity index (χ1n) is 5.84. The summed E-state index contributed by atoms with van der Waals surface area (Å²) >= 11 is 0. The molecule has 2 N–H and O–H groups in total. The van der Waals surface area contributed by atoms with Gasteiger partial charge in [-0.25, -0.2) is 9.50 Å². The molecule has 0 spiro atoms. The highest BCUT2D eigenvalue weighted by atomic mass is 15.3. The van der Waals surface area contributed by atoms with Crippen molar-refractivity contribution in [2.45, 2.75) is 13.8 Å². The Morgan fingerprint density at radius 2 is 1.94 bits per heavy atom. The Balaban J connectivity index is 2.19. The molecule has 4 heteroatoms. The third-order valence-electron chi connectivity index (χ3n) is 3.09. The number of nitrogens with zero attached hydrogens (tertiary/aromatic N) is 3. The first-order valence-corrected chi connectivity index (χ1v) is 5.84. The Labute approximate surface area is 105 Å². The number of nitrogen functional groups attached to an aromatic ring is 1. The van der Waals surface area contributed by atoms with Gasteiger partial charge in [0.15, 0.2) is 11.5 Å². The van der Waals surface area contributed by atoms with Crippen LogP contribution in [-0.4, -0.2) is 14.6 Å². The lowest BCUT2D eigenvalue weighted by Crippen LogP contribution is -1.93. The monoisotopic (exact) mass is 238 g/mol. The number of benzene rings is 1. The number of aryl methyl sites for hydroxylation is 2. The maximum Gasteiger partial charge on any atom is 0.182 e. The van der Waals surface area contributed by atoms with Gasteiger partial charge in [-0.2, -0.15) is 0 Å². The Bertz CT molecular complexity index is 728. The summed E-state index contributed by atoms with van der Waals surface area (Å²) in [6.45, 7) is 4.00. The molecule has 0 saturated heterocycles. The van der Waals surface area contributed by atoms with E-state index in [4.69, 9.17) is 5.73 Å². The molecule has 1 aromatic carbocycles. The first-order chi connectivity index (χ1) is 8.65. The number of rotatable bonds is 1. The van der Waals surface area contributed by atoms with E-state index >= 15 is 0 Å². The molecule has 0 unspecified atom stereocenters. The van der Waals surface area contributed by atoms with Crippen LogP contribution in [0, 0.1) is 13.8 Å². The van der Waals surface area contributed by atoms with Crippen LogP contribution in [-0.2, 0) is 0 Å². The fourth-order valence-corrected chi connectivity index (χ4v) is 1.94. The summed E-state index contributed by atoms with van der Waals surface area (Å²) in [5.74, 6) is 0.705. The second-order valence-electron chi connectivity index (χ2n) is 4.44. The topological polar surface area (TPSA) is 56.2 Å². The van der Waals surface area contributed by atoms with Crippen molar-refractivity contribution in [1.82, 2.24) is 14.6 Å². The highest BCUT2D eigenvalue weighted by Gasteiger charge is 2.08. The van der Waals surface area contributed by atoms with Gasteiger partial charge in [-0.1, -0.05) is 18.2 Å². The molecule has 4 nitrogen and oxygen atoms in total. The van der Waals surface area contributed by atoms with E-state index < -0.39 is 0 Å². The minimum absolute atomic E-state index is 0.705. The molecule has 3 aromatic rings. The largest absolute Gasteiger partial charge is 0.398 e. The van der Waals surface area contributed by atoms with E-state index in [1.54, 1.807) is 0 Å². The van der Waals surface area contributed by atoms with Gasteiger partial charge in [0.25, 0.3) is 0 Å². The number of fused-ring (bicyclic) bond motifs is 1. The smallest absolute Gasteiger partial charge is 0.182 e. The first kappa shape index (κ1) is 10.8. The summed E-state index contributed by atoms with van der Waals surface area (Å²) in [6, 6.07) is 11.8. The minimum atomic E-state index is 0.705. The van der Waals surface area contributed by atoms with Gasteiger partial charge in [-0.05, 0) is 37.6 Å². The Kier molecular flexibility index (Phi) is 2.30. The van der Waals surface area contributed by atoms with Crippen molar-refractivity contribution < 1.29 is 0 Å². The van der Waals surface area contributed by atoms with Gasteiger partial charge >= 0.3 is 0 Å². The average Bonchev–Trinajstić information content (AvgIpc) is 2.78. The van der Waals surface area contributed by atoms with Crippen molar-refractivity contribution >= 4 is 11.3 Å². The van der Waals surface area contributed by atoms with Crippen molar-refractivity contribution in [3.8, 4) is 11.4 Å². The van der Waals surface area contributed by atoms with Crippen molar-refractivity contribution in [3.63, 3.8) is 0 Å². The standard InChI is InChI=1S/C14H14N4/c1-9-6-7-11(8-12(9)15)14-16-13-5-3-4-10(2)18(13)17-14/h3-8H,15H2,1-2H3. The van der Waals surface area contributed by atoms with Gasteiger partial charge in [0.1, 0.15) is 0 Å². The molecule has 18 heavy (non-hydrogen) atoms. The van der Waals surface area contributed by atoms with E-state index in [0.717, 1.165) is 28.2 Å². The predicted octanol–water partition coefficient (Wildman–Crippen LogP) is 2.60. The van der Waals surface area contributed by atoms with Crippen LogP contribution < -0.4 is 5.73 Å². The Morgan fingerprint density at radius 3 is 2.67 bits per heavy atom. The van der Waals surface area contributed by atoms with E-state index in [1.165, 1.54) is 0 Å². The van der Waals surface area contributed by atoms with Crippen LogP contribution in [0.1, 0.15) is 11.3 Å². The van der Waals surface area contributed by atoms with Crippen LogP contribution in [0.4, 0.5) is 5.69 Å². The number of anilines is 1. The molecule has 0 aliphatic carbocycles. The lowest BCUT2D eigenvalue weighted by molar-refractivity contribution is 0.918. The summed E-state index contributed by atoms with van der Waals surface area (Å²) in [5, 5.41) is 4.50. The summed E-state index contributed by atoms with van der Waals surface area (Å²) < 4.78 is 1.84. The molecule has 0 aliphatic heterocycles. The number of aromatic nitrogens is 3. The van der Waals surface area contributed by atoms with E-state index in [-0.39, 0.29) is 0 Å². The maximum atomic E-state index is 5.92. The van der Waals surface area contributed by atoms with Gasteiger partial charge in [0.05, 0.1) is 0 Å². The van der Waals surface area contributed by atoms with E-state index in [2.05, 4.69) is 10.1 Å². The fourth-order valence-electron chi connectivity index (χ4n) is 1.94. The van der Waals surface area contributed by atoms with Crippen molar-refractivity contribution in [2.24, 2.45) is 0 Å². The van der Waals surface area contributed by atoms with Crippen molar-refractivity contribution in [2.75, 3.05) is 5.73 Å². The number of hydrogen-bond acceptors (Lipinski definition) is 3. The molecule has 0 amide bonds. The zero-order chi connectivity index (χ0) is 12.7. The molecule has 2 aromatic heterocycles. The number of nitrogens with two attached hydrogens (primary N) is 1. The van der Waals surface area contributed by atoms with E-state index in [9.17, 15) is 0 Å². The number of pyridine rings is 1. The minimum Gasteiger partial charge on any atom is -0.398 e. The summed E-state index contributed by atoms with van der Waals surface area (Å²) in [7, 11) is 0. The molecule has 0 atom stereocenters. The summed E-state index contributed by atoms with van der Waals surface area (Å²) in [5.41, 5.74) is 10.6. The SMILES string of the molecule is Cc1ccc(-c2nc3cccc(C)n3n2)cc1N. The van der Waals surface area contributed by atoms with Gasteiger partial charge in [0, 0.05) is 16.9 Å². The number of hydrogen-bond donors (Lipinski definition) is 1. The van der Waals surface area contributed by atoms with Crippen molar-refractivity contribution in [3.05, 3.63) is 47.7 Å². The van der Waals surface area contributed by atoms with Crippen molar-refractivity contribution in [1.29, 1.82) is 0 Å². The average molecular weight is 238 g/mol. The third kappa shape index (κ3) is 1.62. The highest BCUT2D eigenvalue weighted by molar-refractivity contribution is 5.65. The molecule has 2 heterocycles. The quantitative estimate of drug-likeness (QED) is 0.663. The molecule has 0 bridgehead atoms. The fraction of sp³-hybridized carbons (Fsp3) is 0.143. The van der Waals surface area contributed by atoms with Crippen LogP contribution >= 0.6 is 0 Å². The van der Waals surface area contributed by atoms with E-state index in [1.807, 2.05) is 54.8 Å². The zero-order valence-electron chi connectivity index (χ0n) is 10.4. The molecule has 0 saturated carbocycles. The Hall–Kier alpha value is -2.36. The molecule has 3 rings (SSSR count). The normalized spacial score (nSPS) is 11.0. The Morgan fingerprint density at radius 1 is 1.11 bits per heavy atom. The summed E-state index contributed by atoms with van der Waals surface area (Å²) in [6.07, 6.45) is 0. The van der Waals surface area contributed by atoms with Gasteiger partial charge in [-0.3, -0.25) is 0 Å². The molecule has 0 fully saturated rings. The third-order valence-corrected chi connectivity index (χ3v) is 3.09. The molecular formula is C14H14N4. The molecule has 0 radical (unpaired) electrons. The second-order valence-corrected chi connectivity index (χ2v) is 4.44. The van der Waals surface area contributed by atoms with Gasteiger partial charge in [-0.15, -0.1) is 5.10 Å². The zero-order valence-corrected chi connectivity index (χ0v) is 10.4. The van der Waals surface area contributed by atoms with E-state index in [0.29, 0.717) is 5.82 Å². The maximum absolute atomic E-state index is 5.92. The lowest BCUT2D eigenvalue weighted by atomic mass is 10.1. The van der Waals surface area contributed by atoms with Crippen LogP contribution in [0.3, 0.4) is 0 Å². The summed E-state index contributed by atoms with van der Waals surface area (Å²) in [4.78, 5) is 4.51. The van der Waals surface area contributed by atoms with Gasteiger partial charge in [0.2, 0.25) is 0 Å². The molecular weight excluding hydrogens is 224 g/mol. The van der Waals surface area contributed by atoms with Crippen LogP contribution in [0.2, 0.25) is 0 Å². The second kappa shape index (κ2) is 3.84. The molecule has 0 aliphatic rings. The van der Waals surface area contributed by atoms with Gasteiger partial charge < -0.3 is 5.73 Å². The highest BCUT2D eigenvalue weighted by Crippen LogP contribution is 2.21. The van der Waals surface area contributed by atoms with Crippen LogP contribution in [0.15, 0.2) is 36.4 Å². The van der Waals surface area contributed by atoms with Crippen LogP contribution in [0.25, 0.3) is 17.0 Å².